The van der Waals surface area contributed by atoms with Gasteiger partial charge in [0, 0.05) is 11.6 Å². The Morgan fingerprint density at radius 3 is 2.25 bits per heavy atom. The van der Waals surface area contributed by atoms with Crippen LogP contribution in [0, 0.1) is 11.6 Å². The molecule has 0 saturated carbocycles. The first-order valence-electron chi connectivity index (χ1n) is 5.40. The Bertz CT molecular complexity index is 648. The van der Waals surface area contributed by atoms with Crippen LogP contribution in [0.1, 0.15) is 12.6 Å². The molecular weight excluding hydrogens is 293 g/mol. The van der Waals surface area contributed by atoms with Gasteiger partial charge in [-0.2, -0.15) is 0 Å². The Morgan fingerprint density at radius 2 is 1.70 bits per heavy atom. The van der Waals surface area contributed by atoms with Crippen molar-refractivity contribution in [3.63, 3.8) is 0 Å². The van der Waals surface area contributed by atoms with E-state index in [0.29, 0.717) is 4.90 Å². The minimum absolute atomic E-state index is 0. The summed E-state index contributed by atoms with van der Waals surface area (Å²) < 4.78 is 45.7. The van der Waals surface area contributed by atoms with Gasteiger partial charge in [-0.3, -0.25) is 0 Å². The Hall–Kier alpha value is -0.850. The van der Waals surface area contributed by atoms with E-state index >= 15 is 0 Å². The zero-order valence-corrected chi connectivity index (χ0v) is 13.5. The average Bonchev–Trinajstić information content (AvgIpc) is 2.38. The minimum atomic E-state index is -2.01. The molecule has 0 aliphatic rings. The standard InChI is InChI=1S/C14H10F2O2S.Na.H/c15-12-6-5-11(14(16)9-12)4-1-10-2-7-13(8-3-10)19(17)18;;/h1-9H,(H,17,18);;/q;+1;-1. The molecule has 1 N–H and O–H groups in total. The van der Waals surface area contributed by atoms with Crippen LogP contribution < -0.4 is 29.6 Å². The predicted molar refractivity (Wildman–Crippen MR) is 71.9 cm³/mol. The molecule has 1 atom stereocenters. The Kier molecular flexibility index (Phi) is 6.71. The van der Waals surface area contributed by atoms with Crippen molar-refractivity contribution < 1.29 is 48.5 Å². The summed E-state index contributed by atoms with van der Waals surface area (Å²) in [5.74, 6) is -1.26. The fourth-order valence-corrected chi connectivity index (χ4v) is 1.89. The van der Waals surface area contributed by atoms with Crippen LogP contribution in [0.2, 0.25) is 0 Å². The number of benzene rings is 2. The Labute approximate surface area is 141 Å². The third-order valence-electron chi connectivity index (χ3n) is 2.50. The van der Waals surface area contributed by atoms with Crippen molar-refractivity contribution in [1.82, 2.24) is 0 Å². The quantitative estimate of drug-likeness (QED) is 0.518. The topological polar surface area (TPSA) is 37.3 Å². The van der Waals surface area contributed by atoms with E-state index in [0.717, 1.165) is 11.6 Å². The third-order valence-corrected chi connectivity index (χ3v) is 3.18. The molecule has 2 aromatic rings. The minimum Gasteiger partial charge on any atom is -1.00 e. The summed E-state index contributed by atoms with van der Waals surface area (Å²) in [6.07, 6.45) is 3.15. The zero-order chi connectivity index (χ0) is 13.8. The summed E-state index contributed by atoms with van der Waals surface area (Å²) in [4.78, 5) is 0.296. The molecule has 2 nitrogen and oxygen atoms in total. The van der Waals surface area contributed by atoms with Crippen LogP contribution in [0.25, 0.3) is 12.2 Å². The molecule has 2 aromatic carbocycles. The molecule has 0 radical (unpaired) electrons. The van der Waals surface area contributed by atoms with E-state index in [4.69, 9.17) is 4.55 Å². The largest absolute Gasteiger partial charge is 1.00 e. The van der Waals surface area contributed by atoms with Crippen molar-refractivity contribution in [3.05, 3.63) is 65.2 Å². The zero-order valence-electron chi connectivity index (χ0n) is 11.7. The molecule has 0 aliphatic heterocycles. The second-order valence-electron chi connectivity index (χ2n) is 3.82. The van der Waals surface area contributed by atoms with Gasteiger partial charge >= 0.3 is 29.6 Å². The number of hydrogen-bond acceptors (Lipinski definition) is 1. The molecule has 0 amide bonds. The summed E-state index contributed by atoms with van der Waals surface area (Å²) in [5, 5.41) is 0. The molecule has 6 heteroatoms. The molecule has 0 aliphatic carbocycles. The van der Waals surface area contributed by atoms with Crippen LogP contribution in [0.3, 0.4) is 0 Å². The average molecular weight is 304 g/mol. The Balaban J connectivity index is 0.00000200. The first-order valence-corrected chi connectivity index (χ1v) is 6.51. The molecule has 0 heterocycles. The van der Waals surface area contributed by atoms with Gasteiger partial charge in [-0.1, -0.05) is 24.3 Å². The predicted octanol–water partition coefficient (Wildman–Crippen LogP) is 0.832. The molecule has 2 rings (SSSR count). The van der Waals surface area contributed by atoms with Crippen LogP contribution in [0.15, 0.2) is 47.4 Å². The summed E-state index contributed by atoms with van der Waals surface area (Å²) in [7, 11) is 0. The second-order valence-corrected chi connectivity index (χ2v) is 4.79. The summed E-state index contributed by atoms with van der Waals surface area (Å²) in [5.41, 5.74) is 1.02. The first kappa shape index (κ1) is 17.2. The fourth-order valence-electron chi connectivity index (χ4n) is 1.52. The normalized spacial score (nSPS) is 12.2. The van der Waals surface area contributed by atoms with Crippen LogP contribution in [0.4, 0.5) is 8.78 Å². The molecule has 0 aromatic heterocycles. The van der Waals surface area contributed by atoms with Gasteiger partial charge in [0.25, 0.3) is 0 Å². The summed E-state index contributed by atoms with van der Waals surface area (Å²) in [6, 6.07) is 9.65. The second kappa shape index (κ2) is 7.81. The van der Waals surface area contributed by atoms with Gasteiger partial charge in [0.1, 0.15) is 11.6 Å². The molecule has 20 heavy (non-hydrogen) atoms. The number of hydrogen-bond donors (Lipinski definition) is 1. The van der Waals surface area contributed by atoms with Crippen molar-refractivity contribution >= 4 is 23.2 Å². The summed E-state index contributed by atoms with van der Waals surface area (Å²) in [6.45, 7) is 0. The van der Waals surface area contributed by atoms with Crippen LogP contribution in [-0.2, 0) is 11.1 Å². The number of halogens is 2. The van der Waals surface area contributed by atoms with E-state index in [9.17, 15) is 13.0 Å². The van der Waals surface area contributed by atoms with E-state index in [2.05, 4.69) is 0 Å². The molecule has 0 saturated heterocycles. The SMILES string of the molecule is O=S(O)c1ccc(C=Cc2ccc(F)cc2F)cc1.[H-].[Na+]. The van der Waals surface area contributed by atoms with E-state index < -0.39 is 22.7 Å². The number of rotatable bonds is 3. The maximum Gasteiger partial charge on any atom is 1.00 e. The van der Waals surface area contributed by atoms with Gasteiger partial charge in [-0.25, -0.2) is 13.0 Å². The molecule has 0 spiro atoms. The van der Waals surface area contributed by atoms with Gasteiger partial charge in [0.05, 0.1) is 4.90 Å². The van der Waals surface area contributed by atoms with Crippen LogP contribution >= 0.6 is 0 Å². The maximum atomic E-state index is 13.4. The fraction of sp³-hybridized carbons (Fsp3) is 0. The maximum absolute atomic E-state index is 13.4. The Morgan fingerprint density at radius 1 is 1.05 bits per heavy atom. The van der Waals surface area contributed by atoms with Crippen LogP contribution in [0.5, 0.6) is 0 Å². The van der Waals surface area contributed by atoms with Gasteiger partial charge < -0.3 is 5.98 Å². The van der Waals surface area contributed by atoms with E-state index in [1.165, 1.54) is 30.3 Å². The molecule has 100 valence electrons. The van der Waals surface area contributed by atoms with Crippen molar-refractivity contribution in [3.8, 4) is 0 Å². The van der Waals surface area contributed by atoms with E-state index in [1.807, 2.05) is 0 Å². The molecule has 0 bridgehead atoms. The van der Waals surface area contributed by atoms with Crippen molar-refractivity contribution in [2.24, 2.45) is 0 Å². The van der Waals surface area contributed by atoms with Crippen LogP contribution in [-0.4, -0.2) is 8.76 Å². The van der Waals surface area contributed by atoms with Gasteiger partial charge in [-0.15, -0.1) is 0 Å². The van der Waals surface area contributed by atoms with Crippen molar-refractivity contribution in [2.45, 2.75) is 4.90 Å². The third kappa shape index (κ3) is 4.61. The first-order chi connectivity index (χ1) is 9.06. The smallest absolute Gasteiger partial charge is 1.00 e. The van der Waals surface area contributed by atoms with Crippen molar-refractivity contribution in [2.75, 3.05) is 0 Å². The monoisotopic (exact) mass is 304 g/mol. The van der Waals surface area contributed by atoms with Gasteiger partial charge in [0.2, 0.25) is 0 Å². The summed E-state index contributed by atoms with van der Waals surface area (Å²) >= 11 is -2.01. The molecule has 1 unspecified atom stereocenters. The molecule has 0 fully saturated rings. The molecular formula is C14H11F2NaO2S. The van der Waals surface area contributed by atoms with E-state index in [-0.39, 0.29) is 36.5 Å². The van der Waals surface area contributed by atoms with Gasteiger partial charge in [-0.05, 0) is 29.8 Å². The van der Waals surface area contributed by atoms with Crippen molar-refractivity contribution in [1.29, 1.82) is 0 Å². The van der Waals surface area contributed by atoms with E-state index in [1.54, 1.807) is 18.2 Å². The van der Waals surface area contributed by atoms with Gasteiger partial charge in [0.15, 0.2) is 11.1 Å².